The van der Waals surface area contributed by atoms with Crippen LogP contribution in [0.1, 0.15) is 54.4 Å². The fourth-order valence-corrected chi connectivity index (χ4v) is 5.53. The van der Waals surface area contributed by atoms with Gasteiger partial charge in [0.25, 0.3) is 5.56 Å². The highest BCUT2D eigenvalue weighted by Crippen LogP contribution is 2.40. The Hall–Kier alpha value is -3.00. The van der Waals surface area contributed by atoms with Gasteiger partial charge in [0.1, 0.15) is 10.3 Å². The highest BCUT2D eigenvalue weighted by molar-refractivity contribution is 7.18. The molecule has 1 saturated carbocycles. The molecule has 1 N–H and O–H groups in total. The molecule has 3 aromatic heterocycles. The predicted molar refractivity (Wildman–Crippen MR) is 120 cm³/mol. The Morgan fingerprint density at radius 1 is 1.26 bits per heavy atom. The van der Waals surface area contributed by atoms with E-state index < -0.39 is 0 Å². The van der Waals surface area contributed by atoms with Crippen molar-refractivity contribution in [1.29, 1.82) is 0 Å². The number of aryl methyl sites for hydroxylation is 3. The van der Waals surface area contributed by atoms with Gasteiger partial charge in [-0.15, -0.1) is 11.3 Å². The summed E-state index contributed by atoms with van der Waals surface area (Å²) in [6.45, 7) is 0.302. The number of hydrogen-bond donors (Lipinski definition) is 1. The third kappa shape index (κ3) is 3.44. The first kappa shape index (κ1) is 18.7. The molecule has 7 nitrogen and oxygen atoms in total. The Morgan fingerprint density at radius 2 is 2.13 bits per heavy atom. The number of aromatic nitrogens is 3. The summed E-state index contributed by atoms with van der Waals surface area (Å²) in [5.41, 5.74) is 3.32. The van der Waals surface area contributed by atoms with Crippen LogP contribution in [0.15, 0.2) is 33.7 Å². The molecule has 2 aliphatic rings. The highest BCUT2D eigenvalue weighted by atomic mass is 32.1. The van der Waals surface area contributed by atoms with Crippen LogP contribution in [0.3, 0.4) is 0 Å². The molecule has 2 aliphatic carbocycles. The van der Waals surface area contributed by atoms with Gasteiger partial charge in [-0.1, -0.05) is 0 Å². The van der Waals surface area contributed by atoms with Gasteiger partial charge in [-0.05, 0) is 62.3 Å². The molecule has 0 atom stereocenters. The Balaban J connectivity index is 1.17. The number of thiophene rings is 1. The Kier molecular flexibility index (Phi) is 4.41. The Labute approximate surface area is 182 Å². The van der Waals surface area contributed by atoms with E-state index in [1.807, 2.05) is 18.2 Å². The smallest absolute Gasteiger partial charge is 0.262 e. The predicted octanol–water partition coefficient (Wildman–Crippen LogP) is 4.38. The van der Waals surface area contributed by atoms with Gasteiger partial charge >= 0.3 is 0 Å². The summed E-state index contributed by atoms with van der Waals surface area (Å²) in [4.78, 5) is 36.7. The van der Waals surface area contributed by atoms with E-state index in [9.17, 15) is 9.59 Å². The minimum Gasteiger partial charge on any atom is -0.440 e. The van der Waals surface area contributed by atoms with Crippen LogP contribution in [0.25, 0.3) is 21.3 Å². The van der Waals surface area contributed by atoms with E-state index >= 15 is 0 Å². The first-order valence-electron chi connectivity index (χ1n) is 10.9. The fourth-order valence-electron chi connectivity index (χ4n) is 4.31. The van der Waals surface area contributed by atoms with Crippen molar-refractivity contribution in [2.75, 3.05) is 5.32 Å². The van der Waals surface area contributed by atoms with Gasteiger partial charge in [-0.2, -0.15) is 0 Å². The van der Waals surface area contributed by atoms with Crippen LogP contribution in [0, 0.1) is 0 Å². The molecule has 1 amide bonds. The van der Waals surface area contributed by atoms with E-state index in [4.69, 9.17) is 4.42 Å². The van der Waals surface area contributed by atoms with E-state index in [1.54, 1.807) is 22.2 Å². The molecule has 0 saturated heterocycles. The van der Waals surface area contributed by atoms with E-state index in [-0.39, 0.29) is 17.9 Å². The summed E-state index contributed by atoms with van der Waals surface area (Å²) < 4.78 is 7.33. The molecule has 6 rings (SSSR count). The lowest BCUT2D eigenvalue weighted by Gasteiger charge is -2.10. The number of hydrogen-bond acceptors (Lipinski definition) is 6. The van der Waals surface area contributed by atoms with Crippen LogP contribution < -0.4 is 10.9 Å². The highest BCUT2D eigenvalue weighted by Gasteiger charge is 2.29. The zero-order chi connectivity index (χ0) is 20.9. The summed E-state index contributed by atoms with van der Waals surface area (Å²) >= 11 is 1.64. The van der Waals surface area contributed by atoms with Gasteiger partial charge in [0.15, 0.2) is 11.5 Å². The molecule has 1 fully saturated rings. The molecule has 0 aliphatic heterocycles. The number of anilines is 1. The first-order valence-corrected chi connectivity index (χ1v) is 11.7. The van der Waals surface area contributed by atoms with Crippen molar-refractivity contribution in [3.05, 3.63) is 51.2 Å². The number of nitrogens with zero attached hydrogens (tertiary/aromatic N) is 3. The quantitative estimate of drug-likeness (QED) is 0.503. The molecular formula is C23H22N4O3S. The lowest BCUT2D eigenvalue weighted by molar-refractivity contribution is -0.116. The molecule has 31 heavy (non-hydrogen) atoms. The monoisotopic (exact) mass is 434 g/mol. The lowest BCUT2D eigenvalue weighted by atomic mass is 9.97. The van der Waals surface area contributed by atoms with Gasteiger partial charge in [0, 0.05) is 29.4 Å². The van der Waals surface area contributed by atoms with E-state index in [0.29, 0.717) is 18.2 Å². The van der Waals surface area contributed by atoms with Crippen LogP contribution in [0.4, 0.5) is 5.69 Å². The maximum atomic E-state index is 13.0. The zero-order valence-electron chi connectivity index (χ0n) is 17.0. The molecule has 4 aromatic rings. The summed E-state index contributed by atoms with van der Waals surface area (Å²) in [7, 11) is 0. The number of carbonyl (C=O) groups excluding carboxylic acids is 1. The number of nitrogens with one attached hydrogen (secondary N) is 1. The second-order valence-corrected chi connectivity index (χ2v) is 9.52. The SMILES string of the molecule is O=C(CCn1cnc2sc3c(c2c1=O)CCCC3)Nc1ccc2oc(C3CC3)nc2c1. The zero-order valence-corrected chi connectivity index (χ0v) is 17.8. The summed E-state index contributed by atoms with van der Waals surface area (Å²) in [6.07, 6.45) is 8.31. The van der Waals surface area contributed by atoms with Crippen molar-refractivity contribution in [3.63, 3.8) is 0 Å². The largest absolute Gasteiger partial charge is 0.440 e. The average Bonchev–Trinajstić information content (AvgIpc) is 3.42. The number of carbonyl (C=O) groups is 1. The van der Waals surface area contributed by atoms with Gasteiger partial charge in [-0.25, -0.2) is 9.97 Å². The number of rotatable bonds is 5. The average molecular weight is 435 g/mol. The Morgan fingerprint density at radius 3 is 3.00 bits per heavy atom. The number of oxazole rings is 1. The fraction of sp³-hybridized carbons (Fsp3) is 0.391. The molecule has 0 unspecified atom stereocenters. The van der Waals surface area contributed by atoms with Crippen LogP contribution in [-0.2, 0) is 24.2 Å². The van der Waals surface area contributed by atoms with Crippen molar-refractivity contribution in [2.24, 2.45) is 0 Å². The topological polar surface area (TPSA) is 90.0 Å². The van der Waals surface area contributed by atoms with Crippen LogP contribution in [0.5, 0.6) is 0 Å². The maximum absolute atomic E-state index is 13.0. The number of fused-ring (bicyclic) bond motifs is 4. The molecule has 1 aromatic carbocycles. The molecule has 8 heteroatoms. The third-order valence-corrected chi connectivity index (χ3v) is 7.34. The third-order valence-electron chi connectivity index (χ3n) is 6.14. The summed E-state index contributed by atoms with van der Waals surface area (Å²) in [5.74, 6) is 1.09. The molecule has 158 valence electrons. The van der Waals surface area contributed by atoms with Gasteiger partial charge < -0.3 is 9.73 Å². The van der Waals surface area contributed by atoms with Crippen molar-refractivity contribution in [3.8, 4) is 0 Å². The molecule has 0 bridgehead atoms. The number of benzene rings is 1. The second-order valence-electron chi connectivity index (χ2n) is 8.44. The number of amides is 1. The van der Waals surface area contributed by atoms with Crippen LogP contribution in [0.2, 0.25) is 0 Å². The lowest BCUT2D eigenvalue weighted by Crippen LogP contribution is -2.24. The van der Waals surface area contributed by atoms with Gasteiger partial charge in [-0.3, -0.25) is 14.2 Å². The summed E-state index contributed by atoms with van der Waals surface area (Å²) in [6, 6.07) is 5.49. The van der Waals surface area contributed by atoms with Gasteiger partial charge in [0.05, 0.1) is 11.7 Å². The Bertz CT molecular complexity index is 1380. The summed E-state index contributed by atoms with van der Waals surface area (Å²) in [5, 5.41) is 3.66. The van der Waals surface area contributed by atoms with Crippen LogP contribution >= 0.6 is 11.3 Å². The maximum Gasteiger partial charge on any atom is 0.262 e. The molecule has 0 radical (unpaired) electrons. The minimum atomic E-state index is -0.149. The van der Waals surface area contributed by atoms with Crippen LogP contribution in [-0.4, -0.2) is 20.4 Å². The molecular weight excluding hydrogens is 412 g/mol. The normalized spacial score (nSPS) is 16.0. The van der Waals surface area contributed by atoms with E-state index in [1.165, 1.54) is 16.9 Å². The van der Waals surface area contributed by atoms with Crippen molar-refractivity contribution in [1.82, 2.24) is 14.5 Å². The minimum absolute atomic E-state index is 0.0335. The second kappa shape index (κ2) is 7.30. The van der Waals surface area contributed by atoms with E-state index in [2.05, 4.69) is 15.3 Å². The van der Waals surface area contributed by atoms with Gasteiger partial charge in [0.2, 0.25) is 5.91 Å². The van der Waals surface area contributed by atoms with Crippen molar-refractivity contribution >= 4 is 44.2 Å². The van der Waals surface area contributed by atoms with Crippen molar-refractivity contribution < 1.29 is 9.21 Å². The molecule has 3 heterocycles. The first-order chi connectivity index (χ1) is 15.2. The standard InChI is InChI=1S/C23H22N4O3S/c28-19(25-14-7-8-17-16(11-14)26-21(30-17)13-5-6-13)9-10-27-12-24-22-20(23(27)29)15-3-1-2-4-18(15)31-22/h7-8,11-13H,1-6,9-10H2,(H,25,28). The van der Waals surface area contributed by atoms with E-state index in [0.717, 1.165) is 59.3 Å². The van der Waals surface area contributed by atoms with Crippen molar-refractivity contribution in [2.45, 2.75) is 57.4 Å². The molecule has 0 spiro atoms.